The summed E-state index contributed by atoms with van der Waals surface area (Å²) in [6.45, 7) is 4.78. The fraction of sp³-hybridized carbons (Fsp3) is 0.409. The molecule has 1 amide bonds. The number of methoxy groups -OCH3 is 2. The number of nitrogens with zero attached hydrogens (tertiary/aromatic N) is 1. The topological polar surface area (TPSA) is 60.0 Å². The van der Waals surface area contributed by atoms with Crippen molar-refractivity contribution in [1.82, 2.24) is 10.2 Å². The number of aryl methyl sites for hydroxylation is 2. The van der Waals surface area contributed by atoms with Crippen LogP contribution in [0.25, 0.3) is 0 Å². The van der Waals surface area contributed by atoms with Crippen molar-refractivity contribution >= 4 is 5.91 Å². The molecule has 0 aliphatic carbocycles. The number of hydrogen-bond acceptors (Lipinski definition) is 5. The van der Waals surface area contributed by atoms with Crippen LogP contribution in [0, 0.1) is 13.8 Å². The monoisotopic (exact) mass is 402 g/mol. The number of carbonyl (C=O) groups excluding carboxylic acids is 1. The molecule has 0 spiro atoms. The van der Waals surface area contributed by atoms with Gasteiger partial charge >= 0.3 is 0 Å². The zero-order chi connectivity index (χ0) is 21.0. The second-order valence-electron chi connectivity index (χ2n) is 7.15. The van der Waals surface area contributed by atoms with E-state index in [0.29, 0.717) is 12.4 Å². The van der Waals surface area contributed by atoms with Crippen molar-refractivity contribution in [3.63, 3.8) is 0 Å². The van der Waals surface area contributed by atoms with Crippen molar-refractivity contribution in [3.05, 3.63) is 52.1 Å². The van der Waals surface area contributed by atoms with E-state index in [4.69, 9.17) is 14.2 Å². The molecule has 0 saturated carbocycles. The van der Waals surface area contributed by atoms with Gasteiger partial charge in [-0.15, -0.1) is 0 Å². The van der Waals surface area contributed by atoms with E-state index in [1.807, 2.05) is 13.8 Å². The number of alkyl halides is 1. The zero-order valence-electron chi connectivity index (χ0n) is 17.3. The first kappa shape index (κ1) is 20.9. The van der Waals surface area contributed by atoms with Gasteiger partial charge < -0.3 is 19.5 Å². The van der Waals surface area contributed by atoms with Crippen molar-refractivity contribution in [2.75, 3.05) is 34.3 Å². The summed E-state index contributed by atoms with van der Waals surface area (Å²) in [6, 6.07) is 7.62. The van der Waals surface area contributed by atoms with Gasteiger partial charge in [0.25, 0.3) is 5.91 Å². The minimum atomic E-state index is -1.04. The number of nitrogens with one attached hydrogen (secondary N) is 1. The van der Waals surface area contributed by atoms with Crippen LogP contribution in [0.4, 0.5) is 4.39 Å². The second-order valence-corrected chi connectivity index (χ2v) is 7.15. The van der Waals surface area contributed by atoms with E-state index in [-0.39, 0.29) is 17.2 Å². The fourth-order valence-corrected chi connectivity index (χ4v) is 3.67. The average Bonchev–Trinajstić information content (AvgIpc) is 2.72. The maximum absolute atomic E-state index is 12.8. The third-order valence-corrected chi connectivity index (χ3v) is 5.13. The largest absolute Gasteiger partial charge is 0.496 e. The summed E-state index contributed by atoms with van der Waals surface area (Å²) < 4.78 is 28.5. The number of ether oxygens (including phenoxy) is 3. The third-order valence-electron chi connectivity index (χ3n) is 5.13. The Labute approximate surface area is 170 Å². The van der Waals surface area contributed by atoms with Gasteiger partial charge in [0.2, 0.25) is 6.86 Å². The molecule has 0 bridgehead atoms. The molecular weight excluding hydrogens is 375 g/mol. The van der Waals surface area contributed by atoms with E-state index in [2.05, 4.69) is 22.3 Å². The van der Waals surface area contributed by atoms with E-state index in [1.54, 1.807) is 19.2 Å². The molecule has 2 aromatic carbocycles. The first-order valence-corrected chi connectivity index (χ1v) is 9.51. The highest BCUT2D eigenvalue weighted by Gasteiger charge is 2.21. The standard InChI is InChI=1S/C22H27FN2O4/c1-14-7-18(21(29-12-23)20(8-14)28-4)22(26)24-13-25-6-5-16-10-19(27-3)15(2)9-17(16)11-25/h7-10H,5-6,11-13H2,1-4H3,(H,24,26). The molecular formula is C22H27FN2O4. The molecule has 0 atom stereocenters. The summed E-state index contributed by atoms with van der Waals surface area (Å²) >= 11 is 0. The fourth-order valence-electron chi connectivity index (χ4n) is 3.67. The van der Waals surface area contributed by atoms with Gasteiger partial charge in [-0.25, -0.2) is 4.39 Å². The predicted molar refractivity (Wildman–Crippen MR) is 109 cm³/mol. The summed E-state index contributed by atoms with van der Waals surface area (Å²) in [6.07, 6.45) is 0.885. The normalized spacial score (nSPS) is 13.6. The van der Waals surface area contributed by atoms with Gasteiger partial charge in [0, 0.05) is 13.1 Å². The minimum absolute atomic E-state index is 0.116. The van der Waals surface area contributed by atoms with E-state index in [9.17, 15) is 9.18 Å². The number of halogens is 1. The molecule has 1 N–H and O–H groups in total. The Morgan fingerprint density at radius 1 is 1.10 bits per heavy atom. The van der Waals surface area contributed by atoms with Crippen LogP contribution in [-0.2, 0) is 13.0 Å². The number of hydrogen-bond donors (Lipinski definition) is 1. The van der Waals surface area contributed by atoms with Crippen molar-refractivity contribution in [1.29, 1.82) is 0 Å². The first-order valence-electron chi connectivity index (χ1n) is 9.51. The molecule has 156 valence electrons. The molecule has 0 fully saturated rings. The second kappa shape index (κ2) is 9.13. The SMILES string of the molecule is COc1cc2c(cc1C)CN(CNC(=O)c1cc(C)cc(OC)c1OCF)CC2. The molecule has 6 nitrogen and oxygen atoms in total. The highest BCUT2D eigenvalue weighted by Crippen LogP contribution is 2.33. The van der Waals surface area contributed by atoms with Crippen LogP contribution in [0.15, 0.2) is 24.3 Å². The molecule has 2 aromatic rings. The Morgan fingerprint density at radius 2 is 1.86 bits per heavy atom. The lowest BCUT2D eigenvalue weighted by atomic mass is 9.97. The van der Waals surface area contributed by atoms with Gasteiger partial charge in [-0.05, 0) is 60.7 Å². The van der Waals surface area contributed by atoms with Crippen molar-refractivity contribution in [3.8, 4) is 17.2 Å². The molecule has 1 aliphatic rings. The van der Waals surface area contributed by atoms with E-state index in [1.165, 1.54) is 18.2 Å². The Balaban J connectivity index is 1.70. The molecule has 1 heterocycles. The van der Waals surface area contributed by atoms with Crippen LogP contribution in [0.1, 0.15) is 32.6 Å². The smallest absolute Gasteiger partial charge is 0.256 e. The van der Waals surface area contributed by atoms with Crippen LogP contribution in [0.3, 0.4) is 0 Å². The summed E-state index contributed by atoms with van der Waals surface area (Å²) in [5.74, 6) is 1.03. The van der Waals surface area contributed by atoms with Crippen LogP contribution >= 0.6 is 0 Å². The number of fused-ring (bicyclic) bond motifs is 1. The van der Waals surface area contributed by atoms with E-state index in [0.717, 1.165) is 36.4 Å². The van der Waals surface area contributed by atoms with E-state index < -0.39 is 6.86 Å². The Bertz CT molecular complexity index is 901. The highest BCUT2D eigenvalue weighted by atomic mass is 19.1. The lowest BCUT2D eigenvalue weighted by Gasteiger charge is -2.29. The van der Waals surface area contributed by atoms with Crippen LogP contribution in [0.5, 0.6) is 17.2 Å². The molecule has 0 saturated heterocycles. The molecule has 0 aromatic heterocycles. The van der Waals surface area contributed by atoms with Crippen LogP contribution in [-0.4, -0.2) is 45.1 Å². The summed E-state index contributed by atoms with van der Waals surface area (Å²) in [5.41, 5.74) is 4.70. The summed E-state index contributed by atoms with van der Waals surface area (Å²) in [5, 5.41) is 2.92. The van der Waals surface area contributed by atoms with Gasteiger partial charge in [0.05, 0.1) is 26.5 Å². The Morgan fingerprint density at radius 3 is 2.55 bits per heavy atom. The Hall–Kier alpha value is -2.80. The minimum Gasteiger partial charge on any atom is -0.496 e. The summed E-state index contributed by atoms with van der Waals surface area (Å²) in [7, 11) is 3.14. The van der Waals surface area contributed by atoms with E-state index >= 15 is 0 Å². The van der Waals surface area contributed by atoms with Gasteiger partial charge in [-0.1, -0.05) is 6.07 Å². The highest BCUT2D eigenvalue weighted by molar-refractivity contribution is 5.98. The molecule has 0 unspecified atom stereocenters. The van der Waals surface area contributed by atoms with Crippen LogP contribution in [0.2, 0.25) is 0 Å². The molecule has 7 heteroatoms. The van der Waals surface area contributed by atoms with Crippen LogP contribution < -0.4 is 19.5 Å². The van der Waals surface area contributed by atoms with Crippen molar-refractivity contribution < 1.29 is 23.4 Å². The van der Waals surface area contributed by atoms with Gasteiger partial charge in [0.15, 0.2) is 11.5 Å². The summed E-state index contributed by atoms with van der Waals surface area (Å²) in [4.78, 5) is 14.9. The molecule has 29 heavy (non-hydrogen) atoms. The molecule has 1 aliphatic heterocycles. The number of carbonyl (C=O) groups is 1. The third kappa shape index (κ3) is 4.62. The van der Waals surface area contributed by atoms with Gasteiger partial charge in [-0.2, -0.15) is 0 Å². The predicted octanol–water partition coefficient (Wildman–Crippen LogP) is 3.37. The lowest BCUT2D eigenvalue weighted by molar-refractivity contribution is 0.0908. The number of amides is 1. The van der Waals surface area contributed by atoms with Gasteiger partial charge in [0.1, 0.15) is 5.75 Å². The average molecular weight is 402 g/mol. The lowest BCUT2D eigenvalue weighted by Crippen LogP contribution is -2.40. The maximum atomic E-state index is 12.8. The first-order chi connectivity index (χ1) is 14.0. The van der Waals surface area contributed by atoms with Crippen molar-refractivity contribution in [2.24, 2.45) is 0 Å². The quantitative estimate of drug-likeness (QED) is 0.770. The zero-order valence-corrected chi connectivity index (χ0v) is 17.3. The number of rotatable bonds is 7. The maximum Gasteiger partial charge on any atom is 0.256 e. The van der Waals surface area contributed by atoms with Gasteiger partial charge in [-0.3, -0.25) is 9.69 Å². The van der Waals surface area contributed by atoms with Crippen molar-refractivity contribution in [2.45, 2.75) is 26.8 Å². The Kier molecular flexibility index (Phi) is 6.59. The number of benzene rings is 2. The molecule has 3 rings (SSSR count). The molecule has 0 radical (unpaired) electrons.